The molecule has 4 rings (SSSR count). The summed E-state index contributed by atoms with van der Waals surface area (Å²) in [4.78, 5) is 32.4. The third-order valence-electron chi connectivity index (χ3n) is 7.34. The Morgan fingerprint density at radius 3 is 2.29 bits per heavy atom. The number of rotatable bonds is 11. The first kappa shape index (κ1) is 30.5. The van der Waals surface area contributed by atoms with Crippen molar-refractivity contribution in [3.63, 3.8) is 0 Å². The molecule has 9 heteroatoms. The van der Waals surface area contributed by atoms with Crippen LogP contribution in [0.5, 0.6) is 17.2 Å². The largest absolute Gasteiger partial charge is 0.497 e. The predicted octanol–water partition coefficient (Wildman–Crippen LogP) is 5.03. The number of carbonyl (C=O) groups is 2. The summed E-state index contributed by atoms with van der Waals surface area (Å²) in [7, 11) is 4.80. The monoisotopic (exact) mass is 572 g/mol. The van der Waals surface area contributed by atoms with Crippen molar-refractivity contribution in [3.8, 4) is 17.2 Å². The van der Waals surface area contributed by atoms with Gasteiger partial charge in [0.05, 0.1) is 27.0 Å². The molecule has 3 aromatic carbocycles. The molecule has 0 unspecified atom stereocenters. The Labute approximate surface area is 248 Å². The van der Waals surface area contributed by atoms with Crippen LogP contribution in [0.3, 0.4) is 0 Å². The molecule has 1 aliphatic rings. The van der Waals surface area contributed by atoms with Gasteiger partial charge in [-0.2, -0.15) is 0 Å². The molecule has 1 aliphatic heterocycles. The molecular weight excluding hydrogens is 532 g/mol. The van der Waals surface area contributed by atoms with Crippen molar-refractivity contribution in [2.24, 2.45) is 0 Å². The maximum atomic E-state index is 13.5. The fourth-order valence-electron chi connectivity index (χ4n) is 4.80. The molecule has 0 radical (unpaired) electrons. The average molecular weight is 573 g/mol. The standard InChI is InChI=1S/C33H40N4O5/c1-25-11-13-27(14-12-25)32(38)36(17-7-9-26-8-5-6-10-30(26)41-3)21-18-35-19-22-37(23-20-35)33(39)34-29-16-15-28(40-2)24-31(29)42-4/h5-16,24H,17-23H2,1-4H3,(H,34,39)/b9-7+. The van der Waals surface area contributed by atoms with Crippen LogP contribution < -0.4 is 19.5 Å². The SMILES string of the molecule is COc1ccc(NC(=O)N2CCN(CCN(C/C=C/c3ccccc3OC)C(=O)c3ccc(C)cc3)CC2)c(OC)c1. The Morgan fingerprint density at radius 2 is 1.60 bits per heavy atom. The van der Waals surface area contributed by atoms with E-state index in [1.165, 1.54) is 0 Å². The van der Waals surface area contributed by atoms with Gasteiger partial charge in [-0.1, -0.05) is 48.0 Å². The smallest absolute Gasteiger partial charge is 0.322 e. The third kappa shape index (κ3) is 8.04. The summed E-state index contributed by atoms with van der Waals surface area (Å²) in [5.74, 6) is 1.98. The van der Waals surface area contributed by atoms with Crippen molar-refractivity contribution in [3.05, 3.63) is 89.5 Å². The Morgan fingerprint density at radius 1 is 0.881 bits per heavy atom. The summed E-state index contributed by atoms with van der Waals surface area (Å²) in [6.07, 6.45) is 3.99. The quantitative estimate of drug-likeness (QED) is 0.347. The van der Waals surface area contributed by atoms with E-state index in [4.69, 9.17) is 14.2 Å². The molecule has 0 bridgehead atoms. The zero-order chi connectivity index (χ0) is 29.9. The molecule has 42 heavy (non-hydrogen) atoms. The number of aryl methyl sites for hydroxylation is 1. The van der Waals surface area contributed by atoms with Crippen LogP contribution in [-0.4, -0.2) is 93.8 Å². The van der Waals surface area contributed by atoms with E-state index in [9.17, 15) is 9.59 Å². The van der Waals surface area contributed by atoms with E-state index in [0.29, 0.717) is 55.5 Å². The number of hydrogen-bond donors (Lipinski definition) is 1. The fourth-order valence-corrected chi connectivity index (χ4v) is 4.80. The summed E-state index contributed by atoms with van der Waals surface area (Å²) in [6, 6.07) is 20.6. The molecule has 0 aliphatic carbocycles. The molecule has 1 fully saturated rings. The second kappa shape index (κ2) is 14.9. The zero-order valence-corrected chi connectivity index (χ0v) is 24.8. The van der Waals surface area contributed by atoms with Crippen LogP contribution in [0.1, 0.15) is 21.5 Å². The van der Waals surface area contributed by atoms with Gasteiger partial charge in [-0.15, -0.1) is 0 Å². The van der Waals surface area contributed by atoms with E-state index in [1.807, 2.05) is 72.5 Å². The number of ether oxygens (including phenoxy) is 3. The Balaban J connectivity index is 1.34. The first-order valence-corrected chi connectivity index (χ1v) is 14.1. The van der Waals surface area contributed by atoms with Crippen LogP contribution in [0, 0.1) is 6.92 Å². The topological polar surface area (TPSA) is 83.6 Å². The minimum atomic E-state index is -0.171. The lowest BCUT2D eigenvalue weighted by Crippen LogP contribution is -2.51. The molecule has 1 saturated heterocycles. The van der Waals surface area contributed by atoms with Crippen molar-refractivity contribution >= 4 is 23.7 Å². The van der Waals surface area contributed by atoms with Crippen LogP contribution in [0.2, 0.25) is 0 Å². The highest BCUT2D eigenvalue weighted by molar-refractivity contribution is 5.94. The number of para-hydroxylation sites is 1. The Bertz CT molecular complexity index is 1370. The fraction of sp³-hybridized carbons (Fsp3) is 0.333. The molecule has 1 N–H and O–H groups in total. The van der Waals surface area contributed by atoms with E-state index in [0.717, 1.165) is 30.0 Å². The van der Waals surface area contributed by atoms with Gasteiger partial charge in [0.15, 0.2) is 0 Å². The van der Waals surface area contributed by atoms with Crippen molar-refractivity contribution in [1.29, 1.82) is 0 Å². The molecule has 9 nitrogen and oxygen atoms in total. The van der Waals surface area contributed by atoms with Crippen molar-refractivity contribution in [2.45, 2.75) is 6.92 Å². The summed E-state index contributed by atoms with van der Waals surface area (Å²) in [5.41, 5.74) is 3.34. The molecule has 1 heterocycles. The van der Waals surface area contributed by atoms with E-state index in [-0.39, 0.29) is 11.9 Å². The average Bonchev–Trinajstić information content (AvgIpc) is 3.03. The maximum absolute atomic E-state index is 13.5. The predicted molar refractivity (Wildman–Crippen MR) is 166 cm³/mol. The third-order valence-corrected chi connectivity index (χ3v) is 7.34. The number of benzene rings is 3. The second-order valence-corrected chi connectivity index (χ2v) is 10.1. The van der Waals surface area contributed by atoms with Gasteiger partial charge in [0.2, 0.25) is 0 Å². The van der Waals surface area contributed by atoms with Crippen LogP contribution in [-0.2, 0) is 0 Å². The van der Waals surface area contributed by atoms with E-state index in [2.05, 4.69) is 10.2 Å². The van der Waals surface area contributed by atoms with Crippen LogP contribution in [0.25, 0.3) is 6.08 Å². The number of nitrogens with one attached hydrogen (secondary N) is 1. The summed E-state index contributed by atoms with van der Waals surface area (Å²) in [5, 5.41) is 2.95. The maximum Gasteiger partial charge on any atom is 0.322 e. The molecule has 0 spiro atoms. The summed E-state index contributed by atoms with van der Waals surface area (Å²) in [6.45, 7) is 6.37. The van der Waals surface area contributed by atoms with Crippen LogP contribution in [0.15, 0.2) is 72.8 Å². The number of urea groups is 1. The van der Waals surface area contributed by atoms with E-state index >= 15 is 0 Å². The Hall–Kier alpha value is -4.50. The number of hydrogen-bond acceptors (Lipinski definition) is 6. The molecule has 3 aromatic rings. The molecule has 3 amide bonds. The highest BCUT2D eigenvalue weighted by Crippen LogP contribution is 2.29. The van der Waals surface area contributed by atoms with Crippen LogP contribution in [0.4, 0.5) is 10.5 Å². The lowest BCUT2D eigenvalue weighted by Gasteiger charge is -2.35. The van der Waals surface area contributed by atoms with Crippen molar-refractivity contribution in [2.75, 3.05) is 72.5 Å². The zero-order valence-electron chi connectivity index (χ0n) is 24.8. The van der Waals surface area contributed by atoms with Gasteiger partial charge in [0.1, 0.15) is 17.2 Å². The van der Waals surface area contributed by atoms with E-state index in [1.54, 1.807) is 44.4 Å². The van der Waals surface area contributed by atoms with Gasteiger partial charge in [0, 0.05) is 63.0 Å². The van der Waals surface area contributed by atoms with Gasteiger partial charge < -0.3 is 29.3 Å². The number of methoxy groups -OCH3 is 3. The van der Waals surface area contributed by atoms with Gasteiger partial charge in [-0.3, -0.25) is 9.69 Å². The van der Waals surface area contributed by atoms with Crippen molar-refractivity contribution in [1.82, 2.24) is 14.7 Å². The van der Waals surface area contributed by atoms with E-state index < -0.39 is 0 Å². The van der Waals surface area contributed by atoms with Crippen molar-refractivity contribution < 1.29 is 23.8 Å². The number of carbonyl (C=O) groups excluding carboxylic acids is 2. The summed E-state index contributed by atoms with van der Waals surface area (Å²) >= 11 is 0. The number of nitrogens with zero attached hydrogens (tertiary/aromatic N) is 3. The van der Waals surface area contributed by atoms with Gasteiger partial charge in [0.25, 0.3) is 5.91 Å². The van der Waals surface area contributed by atoms with Gasteiger partial charge >= 0.3 is 6.03 Å². The molecule has 0 aromatic heterocycles. The Kier molecular flexibility index (Phi) is 10.8. The number of amides is 3. The highest BCUT2D eigenvalue weighted by Gasteiger charge is 2.23. The highest BCUT2D eigenvalue weighted by atomic mass is 16.5. The normalized spacial score (nSPS) is 13.6. The first-order chi connectivity index (χ1) is 20.4. The minimum Gasteiger partial charge on any atom is -0.497 e. The molecule has 0 saturated carbocycles. The first-order valence-electron chi connectivity index (χ1n) is 14.1. The molecule has 222 valence electrons. The minimum absolute atomic E-state index is 0.00821. The summed E-state index contributed by atoms with van der Waals surface area (Å²) < 4.78 is 16.1. The van der Waals surface area contributed by atoms with Crippen LogP contribution >= 0.6 is 0 Å². The molecular formula is C33H40N4O5. The lowest BCUT2D eigenvalue weighted by molar-refractivity contribution is 0.0739. The lowest BCUT2D eigenvalue weighted by atomic mass is 10.1. The number of piperazine rings is 1. The van der Waals surface area contributed by atoms with Gasteiger partial charge in [-0.25, -0.2) is 4.79 Å². The second-order valence-electron chi connectivity index (χ2n) is 10.1. The number of anilines is 1. The van der Waals surface area contributed by atoms with Gasteiger partial charge in [-0.05, 0) is 37.3 Å². The molecule has 0 atom stereocenters.